The van der Waals surface area contributed by atoms with E-state index in [4.69, 9.17) is 4.74 Å². The number of benzene rings is 3. The normalized spacial score (nSPS) is 16.2. The van der Waals surface area contributed by atoms with E-state index in [2.05, 4.69) is 15.3 Å². The van der Waals surface area contributed by atoms with E-state index in [0.29, 0.717) is 48.8 Å². The summed E-state index contributed by atoms with van der Waals surface area (Å²) in [5.74, 6) is -0.0436. The average Bonchev–Trinajstić information content (AvgIpc) is 3.34. The molecule has 3 heterocycles. The van der Waals surface area contributed by atoms with Crippen LogP contribution in [0, 0.1) is 5.41 Å². The van der Waals surface area contributed by atoms with Crippen LogP contribution in [0.1, 0.15) is 44.0 Å². The fourth-order valence-corrected chi connectivity index (χ4v) is 5.76. The maximum absolute atomic E-state index is 13.5. The number of ether oxygens (including phenoxy) is 1. The van der Waals surface area contributed by atoms with Gasteiger partial charge in [-0.1, -0.05) is 48.5 Å². The van der Waals surface area contributed by atoms with Crippen LogP contribution in [0.3, 0.4) is 0 Å². The highest BCUT2D eigenvalue weighted by Crippen LogP contribution is 2.41. The second kappa shape index (κ2) is 11.6. The van der Waals surface area contributed by atoms with Crippen molar-refractivity contribution in [3.63, 3.8) is 0 Å². The topological polar surface area (TPSA) is 112 Å². The van der Waals surface area contributed by atoms with E-state index in [1.165, 1.54) is 4.68 Å². The number of azo groups is 1. The Balaban J connectivity index is 1.15. The minimum atomic E-state index is -0.518. The van der Waals surface area contributed by atoms with Crippen molar-refractivity contribution in [1.29, 1.82) is 0 Å². The summed E-state index contributed by atoms with van der Waals surface area (Å²) in [5.41, 5.74) is 2.53. The highest BCUT2D eigenvalue weighted by atomic mass is 16.6. The lowest BCUT2D eigenvalue weighted by Crippen LogP contribution is -2.62. The Morgan fingerprint density at radius 2 is 1.43 bits per heavy atom. The molecular weight excluding hydrogens is 556 g/mol. The maximum atomic E-state index is 13.5. The zero-order valence-electron chi connectivity index (χ0n) is 25.2. The number of rotatable bonds is 5. The van der Waals surface area contributed by atoms with E-state index in [1.807, 2.05) is 86.3 Å². The Hall–Kier alpha value is -4.99. The molecule has 0 saturated carbocycles. The third kappa shape index (κ3) is 6.06. The van der Waals surface area contributed by atoms with Crippen LogP contribution in [0.25, 0.3) is 16.9 Å². The molecule has 10 heteroatoms. The van der Waals surface area contributed by atoms with Crippen LogP contribution in [0.15, 0.2) is 100.0 Å². The van der Waals surface area contributed by atoms with E-state index < -0.39 is 5.60 Å². The van der Waals surface area contributed by atoms with Crippen LogP contribution < -0.4 is 5.56 Å². The van der Waals surface area contributed by atoms with E-state index in [-0.39, 0.29) is 28.7 Å². The van der Waals surface area contributed by atoms with Crippen LogP contribution in [0.5, 0.6) is 0 Å². The third-order valence-corrected chi connectivity index (χ3v) is 8.14. The minimum absolute atomic E-state index is 0.0436. The molecule has 0 aliphatic carbocycles. The molecule has 1 N–H and O–H groups in total. The van der Waals surface area contributed by atoms with Crippen LogP contribution in [-0.2, 0) is 4.74 Å². The van der Waals surface area contributed by atoms with Crippen molar-refractivity contribution < 1.29 is 14.3 Å². The highest BCUT2D eigenvalue weighted by Gasteiger charge is 2.47. The van der Waals surface area contributed by atoms with E-state index in [9.17, 15) is 14.4 Å². The van der Waals surface area contributed by atoms with Crippen LogP contribution in [0.2, 0.25) is 0 Å². The summed E-state index contributed by atoms with van der Waals surface area (Å²) in [6, 6.07) is 25.8. The number of likely N-dealkylation sites (tertiary alicyclic amines) is 2. The van der Waals surface area contributed by atoms with Gasteiger partial charge in [0.2, 0.25) is 0 Å². The fourth-order valence-electron chi connectivity index (χ4n) is 5.76. The third-order valence-electron chi connectivity index (χ3n) is 8.14. The molecule has 0 bridgehead atoms. The maximum Gasteiger partial charge on any atom is 0.410 e. The van der Waals surface area contributed by atoms with Crippen molar-refractivity contribution >= 4 is 23.4 Å². The van der Waals surface area contributed by atoms with Gasteiger partial charge >= 0.3 is 6.09 Å². The van der Waals surface area contributed by atoms with Gasteiger partial charge in [0.25, 0.3) is 11.5 Å². The van der Waals surface area contributed by atoms with Gasteiger partial charge in [-0.15, -0.1) is 5.11 Å². The molecule has 44 heavy (non-hydrogen) atoms. The van der Waals surface area contributed by atoms with Crippen molar-refractivity contribution in [1.82, 2.24) is 19.6 Å². The largest absolute Gasteiger partial charge is 0.444 e. The monoisotopic (exact) mass is 592 g/mol. The Bertz CT molecular complexity index is 1720. The second-order valence-electron chi connectivity index (χ2n) is 12.6. The summed E-state index contributed by atoms with van der Waals surface area (Å²) in [6.07, 6.45) is 1.42. The number of H-pyrrole nitrogens is 1. The highest BCUT2D eigenvalue weighted by molar-refractivity contribution is 5.95. The summed E-state index contributed by atoms with van der Waals surface area (Å²) in [5, 5.41) is 11.8. The van der Waals surface area contributed by atoms with Gasteiger partial charge in [0.1, 0.15) is 5.60 Å². The summed E-state index contributed by atoms with van der Waals surface area (Å²) in [7, 11) is 0. The molecule has 6 rings (SSSR count). The molecule has 0 unspecified atom stereocenters. The van der Waals surface area contributed by atoms with Gasteiger partial charge < -0.3 is 14.5 Å². The smallest absolute Gasteiger partial charge is 0.410 e. The van der Waals surface area contributed by atoms with E-state index in [1.54, 1.807) is 29.2 Å². The summed E-state index contributed by atoms with van der Waals surface area (Å²) in [4.78, 5) is 42.9. The van der Waals surface area contributed by atoms with Crippen molar-refractivity contribution in [3.05, 3.63) is 101 Å². The predicted molar refractivity (Wildman–Crippen MR) is 168 cm³/mol. The number of aromatic amines is 1. The van der Waals surface area contributed by atoms with E-state index in [0.717, 1.165) is 18.4 Å². The van der Waals surface area contributed by atoms with Gasteiger partial charge in [-0.2, -0.15) is 5.11 Å². The van der Waals surface area contributed by atoms with Crippen LogP contribution >= 0.6 is 0 Å². The van der Waals surface area contributed by atoms with Gasteiger partial charge in [-0.05, 0) is 70.0 Å². The number of hydrogen-bond acceptors (Lipinski definition) is 6. The number of aromatic nitrogens is 2. The molecule has 0 atom stereocenters. The number of piperidine rings is 1. The van der Waals surface area contributed by atoms with Crippen LogP contribution in [-0.4, -0.2) is 63.4 Å². The molecule has 4 aromatic rings. The lowest BCUT2D eigenvalue weighted by Gasteiger charge is -2.53. The molecule has 0 radical (unpaired) electrons. The SMILES string of the molecule is CC(C)(C)OC(=O)N1CCC2(CC1)CN(C(=O)c1ccc(-n3[nH]c(-c4ccccc4)c(N=Nc4ccccc4)c3=O)cc1)C2. The van der Waals surface area contributed by atoms with Gasteiger partial charge in [-0.3, -0.25) is 14.7 Å². The Labute approximate surface area is 256 Å². The Morgan fingerprint density at radius 1 is 0.818 bits per heavy atom. The lowest BCUT2D eigenvalue weighted by molar-refractivity contribution is -0.0394. The fraction of sp³-hybridized carbons (Fsp3) is 0.324. The zero-order chi connectivity index (χ0) is 30.9. The zero-order valence-corrected chi connectivity index (χ0v) is 25.2. The van der Waals surface area contributed by atoms with Crippen molar-refractivity contribution in [2.45, 2.75) is 39.2 Å². The first-order valence-corrected chi connectivity index (χ1v) is 14.9. The molecule has 1 spiro atoms. The second-order valence-corrected chi connectivity index (χ2v) is 12.6. The number of amides is 2. The molecule has 226 valence electrons. The number of carbonyl (C=O) groups excluding carboxylic acids is 2. The van der Waals surface area contributed by atoms with Gasteiger partial charge in [0.15, 0.2) is 5.69 Å². The molecule has 2 fully saturated rings. The van der Waals surface area contributed by atoms with E-state index >= 15 is 0 Å². The van der Waals surface area contributed by atoms with Gasteiger partial charge in [-0.25, -0.2) is 9.48 Å². The molecule has 2 aliphatic rings. The van der Waals surface area contributed by atoms with Gasteiger partial charge in [0.05, 0.1) is 17.1 Å². The van der Waals surface area contributed by atoms with Crippen molar-refractivity contribution in [3.8, 4) is 16.9 Å². The van der Waals surface area contributed by atoms with Gasteiger partial charge in [0, 0.05) is 42.7 Å². The standard InChI is InChI=1S/C34H36N6O4/c1-33(2,3)44-32(43)38-20-18-34(19-21-38)22-39(23-34)30(41)25-14-16-27(17-15-25)40-31(42)29(36-35-26-12-8-5-9-13-26)28(37-40)24-10-6-4-7-11-24/h4-17,37H,18-23H2,1-3H3. The predicted octanol–water partition coefficient (Wildman–Crippen LogP) is 6.72. The summed E-state index contributed by atoms with van der Waals surface area (Å²) >= 11 is 0. The Kier molecular flexibility index (Phi) is 7.67. The minimum Gasteiger partial charge on any atom is -0.444 e. The molecule has 3 aromatic carbocycles. The van der Waals surface area contributed by atoms with Crippen molar-refractivity contribution in [2.24, 2.45) is 15.6 Å². The molecule has 2 aliphatic heterocycles. The average molecular weight is 593 g/mol. The first-order chi connectivity index (χ1) is 21.1. The molecule has 1 aromatic heterocycles. The molecule has 2 amide bonds. The van der Waals surface area contributed by atoms with Crippen LogP contribution in [0.4, 0.5) is 16.2 Å². The number of carbonyl (C=O) groups is 2. The molecule has 2 saturated heterocycles. The summed E-state index contributed by atoms with van der Waals surface area (Å²) < 4.78 is 6.94. The summed E-state index contributed by atoms with van der Waals surface area (Å²) in [6.45, 7) is 8.21. The molecular formula is C34H36N6O4. The van der Waals surface area contributed by atoms with Crippen molar-refractivity contribution in [2.75, 3.05) is 26.2 Å². The lowest BCUT2D eigenvalue weighted by atomic mass is 9.72. The number of hydrogen-bond donors (Lipinski definition) is 1. The number of nitrogens with zero attached hydrogens (tertiary/aromatic N) is 5. The first-order valence-electron chi connectivity index (χ1n) is 14.9. The quantitative estimate of drug-likeness (QED) is 0.259. The number of nitrogens with one attached hydrogen (secondary N) is 1. The first kappa shape index (κ1) is 29.1. The molecule has 10 nitrogen and oxygen atoms in total. The Morgan fingerprint density at radius 3 is 2.05 bits per heavy atom.